The van der Waals surface area contributed by atoms with Crippen LogP contribution in [0.15, 0.2) is 36.4 Å². The molecule has 0 aliphatic carbocycles. The quantitative estimate of drug-likeness (QED) is 0.730. The van der Waals surface area contributed by atoms with Crippen molar-refractivity contribution in [3.63, 3.8) is 0 Å². The molecule has 0 aliphatic rings. The Labute approximate surface area is 134 Å². The van der Waals surface area contributed by atoms with Crippen molar-refractivity contribution in [2.45, 2.75) is 20.3 Å². The Morgan fingerprint density at radius 2 is 2.09 bits per heavy atom. The van der Waals surface area contributed by atoms with Crippen LogP contribution < -0.4 is 0 Å². The summed E-state index contributed by atoms with van der Waals surface area (Å²) >= 11 is 6.08. The molecule has 0 aliphatic heterocycles. The lowest BCUT2D eigenvalue weighted by Crippen LogP contribution is -1.99. The van der Waals surface area contributed by atoms with Gasteiger partial charge in [0.05, 0.1) is 16.9 Å². The van der Waals surface area contributed by atoms with E-state index in [4.69, 9.17) is 22.0 Å². The third-order valence-corrected chi connectivity index (χ3v) is 3.60. The number of rotatable bonds is 3. The van der Waals surface area contributed by atoms with Crippen LogP contribution in [-0.4, -0.2) is 14.8 Å². The lowest BCUT2D eigenvalue weighted by atomic mass is 10.1. The zero-order valence-electron chi connectivity index (χ0n) is 12.4. The summed E-state index contributed by atoms with van der Waals surface area (Å²) in [4.78, 5) is 4.44. The van der Waals surface area contributed by atoms with Gasteiger partial charge in [0.1, 0.15) is 17.3 Å². The van der Waals surface area contributed by atoms with Crippen molar-refractivity contribution in [2.24, 2.45) is 5.92 Å². The summed E-state index contributed by atoms with van der Waals surface area (Å²) in [5.41, 5.74) is 3.87. The Bertz CT molecular complexity index is 874. The molecule has 1 aromatic carbocycles. The maximum Gasteiger partial charge on any atom is 0.141 e. The lowest BCUT2D eigenvalue weighted by Gasteiger charge is -2.03. The Morgan fingerprint density at radius 1 is 1.27 bits per heavy atom. The number of fused-ring (bicyclic) bond motifs is 1. The van der Waals surface area contributed by atoms with Crippen molar-refractivity contribution in [1.82, 2.24) is 14.8 Å². The van der Waals surface area contributed by atoms with E-state index in [1.165, 1.54) is 0 Å². The normalized spacial score (nSPS) is 11.0. The van der Waals surface area contributed by atoms with Crippen molar-refractivity contribution in [1.29, 1.82) is 5.26 Å². The van der Waals surface area contributed by atoms with E-state index in [0.29, 0.717) is 16.6 Å². The van der Waals surface area contributed by atoms with Gasteiger partial charge in [-0.25, -0.2) is 9.67 Å². The molecule has 5 heteroatoms. The van der Waals surface area contributed by atoms with E-state index in [1.807, 2.05) is 35.0 Å². The molecule has 3 rings (SSSR count). The van der Waals surface area contributed by atoms with Gasteiger partial charge < -0.3 is 0 Å². The van der Waals surface area contributed by atoms with Gasteiger partial charge in [-0.05, 0) is 42.7 Å². The predicted octanol–water partition coefficient (Wildman–Crippen LogP) is 4.14. The standard InChI is InChI=1S/C17H15ClN4/c1-11(2)8-15-17-16(7-6-13(10-19)20-17)22(21-15)14-5-3-4-12(18)9-14/h3-7,9,11H,8H2,1-2H3. The van der Waals surface area contributed by atoms with Crippen LogP contribution in [0.2, 0.25) is 5.02 Å². The van der Waals surface area contributed by atoms with Gasteiger partial charge in [-0.3, -0.25) is 0 Å². The first-order chi connectivity index (χ1) is 10.6. The van der Waals surface area contributed by atoms with Gasteiger partial charge in [-0.2, -0.15) is 10.4 Å². The van der Waals surface area contributed by atoms with Crippen LogP contribution in [-0.2, 0) is 6.42 Å². The summed E-state index contributed by atoms with van der Waals surface area (Å²) in [6, 6.07) is 13.2. The molecule has 0 saturated heterocycles. The first kappa shape index (κ1) is 14.6. The molecule has 4 nitrogen and oxygen atoms in total. The fraction of sp³-hybridized carbons (Fsp3) is 0.235. The molecule has 0 bridgehead atoms. The minimum absolute atomic E-state index is 0.406. The smallest absolute Gasteiger partial charge is 0.141 e. The van der Waals surface area contributed by atoms with E-state index >= 15 is 0 Å². The number of halogens is 1. The second-order valence-electron chi connectivity index (χ2n) is 5.61. The molecular formula is C17H15ClN4. The number of hydrogen-bond donors (Lipinski definition) is 0. The highest BCUT2D eigenvalue weighted by atomic mass is 35.5. The summed E-state index contributed by atoms with van der Waals surface area (Å²) in [5, 5.41) is 14.4. The van der Waals surface area contributed by atoms with Crippen LogP contribution in [0.5, 0.6) is 0 Å². The molecule has 0 amide bonds. The van der Waals surface area contributed by atoms with Crippen LogP contribution in [0, 0.1) is 17.2 Å². The highest BCUT2D eigenvalue weighted by Crippen LogP contribution is 2.24. The molecule has 0 fully saturated rings. The largest absolute Gasteiger partial charge is 0.233 e. The van der Waals surface area contributed by atoms with Crippen LogP contribution in [0.25, 0.3) is 16.7 Å². The highest BCUT2D eigenvalue weighted by Gasteiger charge is 2.15. The molecule has 3 aromatic rings. The Hall–Kier alpha value is -2.38. The molecule has 2 heterocycles. The van der Waals surface area contributed by atoms with Crippen molar-refractivity contribution >= 4 is 22.6 Å². The number of benzene rings is 1. The maximum absolute atomic E-state index is 9.07. The van der Waals surface area contributed by atoms with E-state index < -0.39 is 0 Å². The number of hydrogen-bond acceptors (Lipinski definition) is 3. The molecule has 0 spiro atoms. The first-order valence-corrected chi connectivity index (χ1v) is 7.51. The molecule has 110 valence electrons. The van der Waals surface area contributed by atoms with Crippen molar-refractivity contribution in [3.8, 4) is 11.8 Å². The fourth-order valence-electron chi connectivity index (χ4n) is 2.45. The van der Waals surface area contributed by atoms with Gasteiger partial charge in [0, 0.05) is 5.02 Å². The molecule has 0 N–H and O–H groups in total. The Morgan fingerprint density at radius 3 is 2.77 bits per heavy atom. The van der Waals surface area contributed by atoms with E-state index in [-0.39, 0.29) is 0 Å². The Balaban J connectivity index is 2.25. The third kappa shape index (κ3) is 2.68. The van der Waals surface area contributed by atoms with Crippen molar-refractivity contribution in [3.05, 3.63) is 52.8 Å². The van der Waals surface area contributed by atoms with Gasteiger partial charge in [-0.1, -0.05) is 31.5 Å². The topological polar surface area (TPSA) is 54.5 Å². The lowest BCUT2D eigenvalue weighted by molar-refractivity contribution is 0.630. The van der Waals surface area contributed by atoms with E-state index in [1.54, 1.807) is 6.07 Å². The monoisotopic (exact) mass is 310 g/mol. The second kappa shape index (κ2) is 5.78. The average molecular weight is 311 g/mol. The molecule has 0 radical (unpaired) electrons. The molecule has 22 heavy (non-hydrogen) atoms. The SMILES string of the molecule is CC(C)Cc1nn(-c2cccc(Cl)c2)c2ccc(C#N)nc12. The molecule has 0 unspecified atom stereocenters. The number of pyridine rings is 1. The van der Waals surface area contributed by atoms with Crippen LogP contribution in [0.4, 0.5) is 0 Å². The highest BCUT2D eigenvalue weighted by molar-refractivity contribution is 6.30. The molecule has 0 atom stereocenters. The zero-order valence-corrected chi connectivity index (χ0v) is 13.2. The zero-order chi connectivity index (χ0) is 15.7. The summed E-state index contributed by atoms with van der Waals surface area (Å²) in [6.07, 6.45) is 0.811. The van der Waals surface area contributed by atoms with E-state index in [9.17, 15) is 0 Å². The van der Waals surface area contributed by atoms with Gasteiger partial charge in [0.2, 0.25) is 0 Å². The molecule has 2 aromatic heterocycles. The van der Waals surface area contributed by atoms with E-state index in [0.717, 1.165) is 28.8 Å². The minimum Gasteiger partial charge on any atom is -0.233 e. The number of nitrogens with zero attached hydrogens (tertiary/aromatic N) is 4. The van der Waals surface area contributed by atoms with Gasteiger partial charge >= 0.3 is 0 Å². The summed E-state index contributed by atoms with van der Waals surface area (Å²) in [7, 11) is 0. The predicted molar refractivity (Wildman–Crippen MR) is 87.1 cm³/mol. The molecule has 0 saturated carbocycles. The fourth-order valence-corrected chi connectivity index (χ4v) is 2.63. The number of nitriles is 1. The van der Waals surface area contributed by atoms with Crippen molar-refractivity contribution < 1.29 is 0 Å². The van der Waals surface area contributed by atoms with Crippen LogP contribution in [0.3, 0.4) is 0 Å². The maximum atomic E-state index is 9.07. The number of aromatic nitrogens is 3. The minimum atomic E-state index is 0.406. The van der Waals surface area contributed by atoms with Gasteiger partial charge in [-0.15, -0.1) is 0 Å². The summed E-state index contributed by atoms with van der Waals surface area (Å²) in [6.45, 7) is 4.27. The molecular weight excluding hydrogens is 296 g/mol. The van der Waals surface area contributed by atoms with Crippen molar-refractivity contribution in [2.75, 3.05) is 0 Å². The summed E-state index contributed by atoms with van der Waals surface area (Å²) in [5.74, 6) is 0.457. The van der Waals surface area contributed by atoms with Gasteiger partial charge in [0.15, 0.2) is 0 Å². The second-order valence-corrected chi connectivity index (χ2v) is 6.05. The summed E-state index contributed by atoms with van der Waals surface area (Å²) < 4.78 is 1.84. The van der Waals surface area contributed by atoms with Gasteiger partial charge in [0.25, 0.3) is 0 Å². The average Bonchev–Trinajstić information content (AvgIpc) is 2.84. The third-order valence-electron chi connectivity index (χ3n) is 3.37. The van der Waals surface area contributed by atoms with Crippen LogP contribution in [0.1, 0.15) is 25.2 Å². The Kier molecular flexibility index (Phi) is 3.82. The first-order valence-electron chi connectivity index (χ1n) is 7.13. The van der Waals surface area contributed by atoms with Crippen LogP contribution >= 0.6 is 11.6 Å². The van der Waals surface area contributed by atoms with E-state index in [2.05, 4.69) is 24.9 Å².